The molecule has 0 radical (unpaired) electrons. The van der Waals surface area contributed by atoms with Crippen LogP contribution in [0.1, 0.15) is 49.2 Å². The summed E-state index contributed by atoms with van der Waals surface area (Å²) >= 11 is 0. The van der Waals surface area contributed by atoms with Gasteiger partial charge >= 0.3 is 0 Å². The molecule has 0 heteroatoms. The zero-order valence-electron chi connectivity index (χ0n) is 12.3. The second kappa shape index (κ2) is 5.95. The van der Waals surface area contributed by atoms with Gasteiger partial charge in [0.2, 0.25) is 0 Å². The van der Waals surface area contributed by atoms with Crippen LogP contribution in [0, 0.1) is 11.8 Å². The van der Waals surface area contributed by atoms with Gasteiger partial charge in [0, 0.05) is 1.37 Å². The van der Waals surface area contributed by atoms with E-state index in [9.17, 15) is 0 Å². The Labute approximate surface area is 97.6 Å². The number of rotatable bonds is 1. The Morgan fingerprint density at radius 3 is 2.93 bits per heavy atom. The average molecular weight is 206 g/mol. The van der Waals surface area contributed by atoms with Crippen molar-refractivity contribution in [3.8, 4) is 0 Å². The highest BCUT2D eigenvalue weighted by molar-refractivity contribution is 5.17. The van der Waals surface area contributed by atoms with Crippen LogP contribution < -0.4 is 0 Å². The first-order chi connectivity index (χ1) is 7.80. The van der Waals surface area contributed by atoms with Crippen molar-refractivity contribution in [1.82, 2.24) is 0 Å². The molecule has 1 aliphatic rings. The van der Waals surface area contributed by atoms with Crippen LogP contribution in [0.2, 0.25) is 0 Å². The SMILES string of the molecule is [2H]/C1=C\C(=C)CC/C=C(\C)CC[C@H]1C([2H])(C)C. The van der Waals surface area contributed by atoms with Crippen LogP contribution >= 0.6 is 0 Å². The van der Waals surface area contributed by atoms with Crippen LogP contribution in [0.25, 0.3) is 0 Å². The molecule has 0 aromatic carbocycles. The van der Waals surface area contributed by atoms with Crippen LogP contribution in [-0.4, -0.2) is 0 Å². The first-order valence-corrected chi connectivity index (χ1v) is 5.82. The third-order valence-corrected chi connectivity index (χ3v) is 2.97. The van der Waals surface area contributed by atoms with Gasteiger partial charge < -0.3 is 0 Å². The molecule has 1 atom stereocenters. The topological polar surface area (TPSA) is 0 Å². The van der Waals surface area contributed by atoms with Crippen LogP contribution in [0.15, 0.2) is 35.9 Å². The highest BCUT2D eigenvalue weighted by atomic mass is 14.2. The van der Waals surface area contributed by atoms with E-state index in [4.69, 9.17) is 2.74 Å². The molecule has 1 rings (SSSR count). The first-order valence-electron chi connectivity index (χ1n) is 6.82. The van der Waals surface area contributed by atoms with Crippen molar-refractivity contribution in [2.24, 2.45) is 11.8 Å². The maximum Gasteiger partial charge on any atom is 0.0579 e. The standard InChI is InChI=1S/C15H24/c1-12(2)15-10-8-13(3)6-5-7-14(4)9-11-15/h7-8,10,12,15H,3,5-6,9,11H2,1-2,4H3/b10-8+,14-7+/t15-/m0/s1/i10D,12D. The summed E-state index contributed by atoms with van der Waals surface area (Å²) < 4.78 is 16.3. The Bertz CT molecular complexity index is 342. The third-order valence-electron chi connectivity index (χ3n) is 2.97. The van der Waals surface area contributed by atoms with E-state index in [-0.39, 0.29) is 5.92 Å². The molecule has 0 unspecified atom stereocenters. The molecule has 0 N–H and O–H groups in total. The van der Waals surface area contributed by atoms with E-state index in [0.29, 0.717) is 6.05 Å². The van der Waals surface area contributed by atoms with Gasteiger partial charge in [-0.3, -0.25) is 0 Å². The van der Waals surface area contributed by atoms with Gasteiger partial charge in [0.05, 0.1) is 1.37 Å². The zero-order chi connectivity index (χ0) is 13.1. The Balaban J connectivity index is 2.96. The maximum absolute atomic E-state index is 8.17. The normalized spacial score (nSPS) is 34.3. The molecule has 0 saturated heterocycles. The van der Waals surface area contributed by atoms with E-state index >= 15 is 0 Å². The minimum Gasteiger partial charge on any atom is -0.0958 e. The lowest BCUT2D eigenvalue weighted by molar-refractivity contribution is 0.435. The van der Waals surface area contributed by atoms with Crippen molar-refractivity contribution >= 4 is 0 Å². The fraction of sp³-hybridized carbons (Fsp3) is 0.600. The fourth-order valence-corrected chi connectivity index (χ4v) is 1.81. The zero-order valence-corrected chi connectivity index (χ0v) is 10.3. The molecule has 15 heavy (non-hydrogen) atoms. The molecule has 0 nitrogen and oxygen atoms in total. The molecule has 0 bridgehead atoms. The number of allylic oxidation sites excluding steroid dienone is 5. The highest BCUT2D eigenvalue weighted by Gasteiger charge is 2.10. The molecular formula is C15H24. The first kappa shape index (κ1) is 9.45. The lowest BCUT2D eigenvalue weighted by Crippen LogP contribution is -2.06. The van der Waals surface area contributed by atoms with Crippen LogP contribution in [0.5, 0.6) is 0 Å². The minimum absolute atomic E-state index is 0.000648. The van der Waals surface area contributed by atoms with Crippen molar-refractivity contribution in [3.63, 3.8) is 0 Å². The Morgan fingerprint density at radius 1 is 1.53 bits per heavy atom. The Kier molecular flexibility index (Phi) is 3.74. The quantitative estimate of drug-likeness (QED) is 0.536. The molecule has 0 aromatic rings. The van der Waals surface area contributed by atoms with Crippen molar-refractivity contribution in [2.75, 3.05) is 0 Å². The van der Waals surface area contributed by atoms with Crippen molar-refractivity contribution < 1.29 is 2.74 Å². The van der Waals surface area contributed by atoms with Gasteiger partial charge in [-0.05, 0) is 44.4 Å². The monoisotopic (exact) mass is 206 g/mol. The van der Waals surface area contributed by atoms with Gasteiger partial charge in [0.15, 0.2) is 0 Å². The molecule has 0 heterocycles. The van der Waals surface area contributed by atoms with Gasteiger partial charge in [-0.2, -0.15) is 0 Å². The molecule has 0 aliphatic heterocycles. The summed E-state index contributed by atoms with van der Waals surface area (Å²) in [5.74, 6) is -0.589. The Morgan fingerprint density at radius 2 is 2.27 bits per heavy atom. The van der Waals surface area contributed by atoms with Gasteiger partial charge in [-0.1, -0.05) is 49.8 Å². The molecule has 1 aliphatic carbocycles. The summed E-state index contributed by atoms with van der Waals surface area (Å²) in [6, 6.07) is 0.574. The summed E-state index contributed by atoms with van der Waals surface area (Å²) in [6.07, 6.45) is 7.96. The lowest BCUT2D eigenvalue weighted by Gasteiger charge is -2.18. The van der Waals surface area contributed by atoms with Crippen molar-refractivity contribution in [2.45, 2.75) is 46.5 Å². The fourth-order valence-electron chi connectivity index (χ4n) is 1.81. The summed E-state index contributed by atoms with van der Waals surface area (Å²) in [5.41, 5.74) is 2.39. The lowest BCUT2D eigenvalue weighted by atomic mass is 9.88. The molecule has 0 fully saturated rings. The van der Waals surface area contributed by atoms with Gasteiger partial charge in [0.25, 0.3) is 0 Å². The predicted molar refractivity (Wildman–Crippen MR) is 68.8 cm³/mol. The van der Waals surface area contributed by atoms with Gasteiger partial charge in [-0.15, -0.1) is 0 Å². The second-order valence-corrected chi connectivity index (χ2v) is 4.73. The molecular weight excluding hydrogens is 180 g/mol. The van der Waals surface area contributed by atoms with E-state index in [1.165, 1.54) is 5.57 Å². The second-order valence-electron chi connectivity index (χ2n) is 4.73. The summed E-state index contributed by atoms with van der Waals surface area (Å²) in [4.78, 5) is 0. The molecule has 0 spiro atoms. The van der Waals surface area contributed by atoms with E-state index in [2.05, 4.69) is 19.6 Å². The van der Waals surface area contributed by atoms with E-state index in [1.807, 2.05) is 19.9 Å². The third kappa shape index (κ3) is 4.51. The largest absolute Gasteiger partial charge is 0.0958 e. The average Bonchev–Trinajstić information content (AvgIpc) is 2.14. The van der Waals surface area contributed by atoms with E-state index in [0.717, 1.165) is 31.3 Å². The minimum atomic E-state index is -0.590. The highest BCUT2D eigenvalue weighted by Crippen LogP contribution is 2.24. The van der Waals surface area contributed by atoms with Crippen LogP contribution in [0.4, 0.5) is 0 Å². The molecule has 0 aromatic heterocycles. The molecule has 0 amide bonds. The van der Waals surface area contributed by atoms with Gasteiger partial charge in [-0.25, -0.2) is 0 Å². The van der Waals surface area contributed by atoms with Gasteiger partial charge in [0.1, 0.15) is 0 Å². The number of hydrogen-bond donors (Lipinski definition) is 0. The smallest absolute Gasteiger partial charge is 0.0579 e. The van der Waals surface area contributed by atoms with Crippen molar-refractivity contribution in [3.05, 3.63) is 35.9 Å². The molecule has 0 saturated carbocycles. The molecule has 84 valence electrons. The summed E-state index contributed by atoms with van der Waals surface area (Å²) in [6.45, 7) is 9.93. The van der Waals surface area contributed by atoms with E-state index < -0.39 is 5.89 Å². The number of hydrogen-bond acceptors (Lipinski definition) is 0. The van der Waals surface area contributed by atoms with E-state index in [1.54, 1.807) is 0 Å². The Hall–Kier alpha value is -0.780. The summed E-state index contributed by atoms with van der Waals surface area (Å²) in [5, 5.41) is 0. The van der Waals surface area contributed by atoms with Crippen molar-refractivity contribution in [1.29, 1.82) is 0 Å². The summed E-state index contributed by atoms with van der Waals surface area (Å²) in [7, 11) is 0. The van der Waals surface area contributed by atoms with Crippen LogP contribution in [-0.2, 0) is 0 Å². The maximum atomic E-state index is 8.17. The predicted octanol–water partition coefficient (Wildman–Crippen LogP) is 4.89. The van der Waals surface area contributed by atoms with Crippen LogP contribution in [0.3, 0.4) is 0 Å².